The van der Waals surface area contributed by atoms with Crippen LogP contribution >= 0.6 is 0 Å². The largest absolute Gasteiger partial charge is 0.465 e. The first-order valence-corrected chi connectivity index (χ1v) is 12.3. The molecule has 0 spiro atoms. The van der Waals surface area contributed by atoms with Gasteiger partial charge in [0.1, 0.15) is 0 Å². The minimum absolute atomic E-state index is 0.193. The summed E-state index contributed by atoms with van der Waals surface area (Å²) >= 11 is 0. The van der Waals surface area contributed by atoms with E-state index in [9.17, 15) is 36.6 Å². The van der Waals surface area contributed by atoms with Gasteiger partial charge in [-0.1, -0.05) is 0 Å². The Balaban J connectivity index is 1.80. The molecule has 0 aromatic rings. The smallest absolute Gasteiger partial charge is 0.400 e. The molecule has 32 heavy (non-hydrogen) atoms. The Morgan fingerprint density at radius 2 is 1.72 bits per heavy atom. The van der Waals surface area contributed by atoms with Crippen LogP contribution in [0.1, 0.15) is 66.2 Å². The van der Waals surface area contributed by atoms with Crippen LogP contribution in [0.15, 0.2) is 0 Å². The molecule has 0 aliphatic heterocycles. The van der Waals surface area contributed by atoms with E-state index in [1.54, 1.807) is 27.7 Å². The summed E-state index contributed by atoms with van der Waals surface area (Å²) in [7, 11) is -5.94. The molecular formula is C21H33F3O7S. The van der Waals surface area contributed by atoms with E-state index in [-0.39, 0.29) is 11.8 Å². The van der Waals surface area contributed by atoms with Crippen molar-refractivity contribution in [3.05, 3.63) is 0 Å². The van der Waals surface area contributed by atoms with Gasteiger partial charge >= 0.3 is 21.3 Å². The van der Waals surface area contributed by atoms with Crippen LogP contribution in [0.3, 0.4) is 0 Å². The highest BCUT2D eigenvalue weighted by molar-refractivity contribution is 7.86. The second-order valence-electron chi connectivity index (χ2n) is 11.1. The van der Waals surface area contributed by atoms with E-state index in [1.165, 1.54) is 0 Å². The Morgan fingerprint density at radius 3 is 2.22 bits per heavy atom. The highest BCUT2D eigenvalue weighted by Crippen LogP contribution is 2.72. The van der Waals surface area contributed by atoms with Crippen LogP contribution in [0.25, 0.3) is 0 Å². The minimum atomic E-state index is -5.94. The number of ether oxygens (including phenoxy) is 1. The second kappa shape index (κ2) is 7.55. The van der Waals surface area contributed by atoms with Crippen LogP contribution in [0.4, 0.5) is 13.2 Å². The van der Waals surface area contributed by atoms with Crippen molar-refractivity contribution in [1.29, 1.82) is 0 Å². The monoisotopic (exact) mass is 486 g/mol. The molecule has 4 saturated carbocycles. The predicted octanol–water partition coefficient (Wildman–Crippen LogP) is 3.09. The lowest BCUT2D eigenvalue weighted by Crippen LogP contribution is -2.69. The predicted molar refractivity (Wildman–Crippen MR) is 108 cm³/mol. The van der Waals surface area contributed by atoms with Gasteiger partial charge in [-0.15, -0.1) is 0 Å². The number of alkyl halides is 3. The fourth-order valence-corrected chi connectivity index (χ4v) is 7.27. The molecule has 4 aliphatic rings. The Morgan fingerprint density at radius 1 is 1.12 bits per heavy atom. The van der Waals surface area contributed by atoms with E-state index in [0.717, 1.165) is 6.42 Å². The third-order valence-electron chi connectivity index (χ3n) is 8.44. The number of aliphatic hydroxyl groups is 2. The van der Waals surface area contributed by atoms with Crippen molar-refractivity contribution >= 4 is 16.1 Å². The Labute approximate surface area is 186 Å². The maximum atomic E-state index is 13.8. The topological polar surface area (TPSA) is 121 Å². The molecule has 7 nitrogen and oxygen atoms in total. The normalized spacial score (nSPS) is 36.2. The molecule has 4 aliphatic carbocycles. The molecule has 3 N–H and O–H groups in total. The molecule has 0 radical (unpaired) electrons. The Hall–Kier alpha value is -0.910. The second-order valence-corrected chi connectivity index (χ2v) is 12.6. The van der Waals surface area contributed by atoms with E-state index in [4.69, 9.17) is 9.29 Å². The summed E-state index contributed by atoms with van der Waals surface area (Å²) in [5, 5.41) is 17.1. The third-order valence-corrected chi connectivity index (χ3v) is 9.38. The van der Waals surface area contributed by atoms with E-state index in [1.807, 2.05) is 0 Å². The van der Waals surface area contributed by atoms with Crippen LogP contribution < -0.4 is 0 Å². The maximum absolute atomic E-state index is 13.8. The minimum Gasteiger partial charge on any atom is -0.465 e. The summed E-state index contributed by atoms with van der Waals surface area (Å²) in [5.74, 6) is -1.48. The van der Waals surface area contributed by atoms with E-state index >= 15 is 0 Å². The van der Waals surface area contributed by atoms with Gasteiger partial charge in [0.2, 0.25) is 0 Å². The molecule has 6 unspecified atom stereocenters. The van der Waals surface area contributed by atoms with Crippen LogP contribution in [0.2, 0.25) is 0 Å². The van der Waals surface area contributed by atoms with Gasteiger partial charge in [0.05, 0.1) is 23.7 Å². The average Bonchev–Trinajstić information content (AvgIpc) is 2.57. The first kappa shape index (κ1) is 25.7. The van der Waals surface area contributed by atoms with E-state index < -0.39 is 68.5 Å². The Kier molecular flexibility index (Phi) is 6.06. The lowest BCUT2D eigenvalue weighted by molar-refractivity contribution is -0.266. The number of rotatable bonds is 8. The molecule has 4 bridgehead atoms. The third kappa shape index (κ3) is 3.86. The number of carbonyl (C=O) groups excluding carboxylic acids is 1. The summed E-state index contributed by atoms with van der Waals surface area (Å²) in [4.78, 5) is 13.1. The summed E-state index contributed by atoms with van der Waals surface area (Å²) in [6.07, 6.45) is -1.35. The van der Waals surface area contributed by atoms with E-state index in [2.05, 4.69) is 0 Å². The molecule has 0 aromatic heterocycles. The van der Waals surface area contributed by atoms with E-state index in [0.29, 0.717) is 25.7 Å². The first-order valence-electron chi connectivity index (χ1n) is 10.9. The van der Waals surface area contributed by atoms with Gasteiger partial charge in [-0.2, -0.15) is 17.2 Å². The van der Waals surface area contributed by atoms with Crippen molar-refractivity contribution in [2.45, 2.75) is 88.8 Å². The lowest BCUT2D eigenvalue weighted by atomic mass is 9.35. The molecule has 0 saturated heterocycles. The van der Waals surface area contributed by atoms with Gasteiger partial charge in [-0.05, 0) is 77.0 Å². The molecule has 4 fully saturated rings. The summed E-state index contributed by atoms with van der Waals surface area (Å²) in [5.41, 5.74) is -3.71. The summed E-state index contributed by atoms with van der Waals surface area (Å²) in [6.45, 7) is 5.91. The number of hydrogen-bond acceptors (Lipinski definition) is 6. The van der Waals surface area contributed by atoms with Gasteiger partial charge in [-0.3, -0.25) is 9.35 Å². The fraction of sp³-hybridized carbons (Fsp3) is 0.952. The van der Waals surface area contributed by atoms with Crippen molar-refractivity contribution in [3.8, 4) is 0 Å². The molecule has 0 heterocycles. The Bertz CT molecular complexity index is 864. The van der Waals surface area contributed by atoms with Crippen molar-refractivity contribution in [2.24, 2.45) is 28.6 Å². The van der Waals surface area contributed by atoms with Crippen molar-refractivity contribution in [3.63, 3.8) is 0 Å². The maximum Gasteiger partial charge on any atom is 0.400 e. The van der Waals surface area contributed by atoms with Crippen molar-refractivity contribution < 1.29 is 45.9 Å². The zero-order valence-corrected chi connectivity index (χ0v) is 19.6. The van der Waals surface area contributed by atoms with Crippen molar-refractivity contribution in [2.75, 3.05) is 6.61 Å². The first-order chi connectivity index (χ1) is 14.3. The van der Waals surface area contributed by atoms with Crippen LogP contribution in [0.5, 0.6) is 0 Å². The highest BCUT2D eigenvalue weighted by Gasteiger charge is 2.71. The van der Waals surface area contributed by atoms with Gasteiger partial charge in [0.15, 0.2) is 6.17 Å². The van der Waals surface area contributed by atoms with Crippen LogP contribution in [-0.2, 0) is 19.6 Å². The number of halogens is 3. The molecular weight excluding hydrogens is 453 g/mol. The molecule has 6 atom stereocenters. The quantitative estimate of drug-likeness (QED) is 0.356. The standard InChI is InChI=1S/C21H33F3O7S/c1-17(2,26)19-8-12-7-13(10-19)15(20(9-12,11-19)18(3,4)27)16(25)31-6-5-14(22)21(23,24)32(28,29)30/h12-15,26-27H,5-11H2,1-4H3,(H,28,29,30). The van der Waals surface area contributed by atoms with Crippen molar-refractivity contribution in [1.82, 2.24) is 0 Å². The highest BCUT2D eigenvalue weighted by atomic mass is 32.2. The van der Waals surface area contributed by atoms with Gasteiger partial charge in [-0.25, -0.2) is 4.39 Å². The number of hydrogen-bond donors (Lipinski definition) is 3. The molecule has 0 aromatic carbocycles. The van der Waals surface area contributed by atoms with Crippen LogP contribution in [-0.4, -0.2) is 58.4 Å². The molecule has 4 rings (SSSR count). The zero-order chi connectivity index (χ0) is 24.5. The van der Waals surface area contributed by atoms with Gasteiger partial charge in [0, 0.05) is 11.8 Å². The number of carbonyl (C=O) groups is 1. The summed E-state index contributed by atoms with van der Waals surface area (Å²) in [6, 6.07) is 0. The van der Waals surface area contributed by atoms with Gasteiger partial charge in [0.25, 0.3) is 0 Å². The van der Waals surface area contributed by atoms with Gasteiger partial charge < -0.3 is 14.9 Å². The number of esters is 1. The average molecular weight is 487 g/mol. The molecule has 11 heteroatoms. The fourth-order valence-electron chi connectivity index (χ4n) is 6.83. The van der Waals surface area contributed by atoms with Crippen LogP contribution in [0, 0.1) is 28.6 Å². The molecule has 0 amide bonds. The lowest BCUT2D eigenvalue weighted by Gasteiger charge is -2.70. The summed E-state index contributed by atoms with van der Waals surface area (Å²) < 4.78 is 75.5. The molecule has 186 valence electrons. The SMILES string of the molecule is CC(C)(O)C12CC3CC(C1)C(C(=O)OCCC(F)C(F)(F)S(=O)(=O)O)C(C(C)(C)O)(C3)C2. The zero-order valence-electron chi connectivity index (χ0n) is 18.8.